The molecule has 4 amide bonds. The fourth-order valence-electron chi connectivity index (χ4n) is 4.63. The van der Waals surface area contributed by atoms with Crippen molar-refractivity contribution in [3.05, 3.63) is 106 Å². The Morgan fingerprint density at radius 1 is 0.895 bits per heavy atom. The van der Waals surface area contributed by atoms with Crippen molar-refractivity contribution >= 4 is 35.2 Å². The highest BCUT2D eigenvalue weighted by Gasteiger charge is 2.35. The van der Waals surface area contributed by atoms with Gasteiger partial charge in [0.1, 0.15) is 6.04 Å². The van der Waals surface area contributed by atoms with Crippen molar-refractivity contribution in [2.45, 2.75) is 38.8 Å². The molecular weight excluding hydrogens is 502 g/mol. The number of hydrogen-bond donors (Lipinski definition) is 1. The van der Waals surface area contributed by atoms with Gasteiger partial charge in [0.05, 0.1) is 11.1 Å². The Balaban J connectivity index is 1.53. The summed E-state index contributed by atoms with van der Waals surface area (Å²) in [6, 6.07) is 22.7. The van der Waals surface area contributed by atoms with Crippen LogP contribution < -0.4 is 5.32 Å². The van der Waals surface area contributed by atoms with Crippen LogP contribution in [0.2, 0.25) is 5.02 Å². The van der Waals surface area contributed by atoms with Gasteiger partial charge in [-0.15, -0.1) is 0 Å². The van der Waals surface area contributed by atoms with Crippen molar-refractivity contribution in [2.24, 2.45) is 0 Å². The molecule has 8 heteroatoms. The summed E-state index contributed by atoms with van der Waals surface area (Å²) in [6.45, 7) is 2.53. The van der Waals surface area contributed by atoms with Crippen molar-refractivity contribution in [2.75, 3.05) is 13.1 Å². The van der Waals surface area contributed by atoms with Crippen LogP contribution in [0.4, 0.5) is 0 Å². The first-order valence-corrected chi connectivity index (χ1v) is 13.1. The van der Waals surface area contributed by atoms with Gasteiger partial charge in [0.2, 0.25) is 11.8 Å². The molecule has 1 aliphatic heterocycles. The van der Waals surface area contributed by atoms with Gasteiger partial charge in [-0.2, -0.15) is 0 Å². The summed E-state index contributed by atoms with van der Waals surface area (Å²) in [6.07, 6.45) is 0.667. The maximum Gasteiger partial charge on any atom is 0.261 e. The maximum atomic E-state index is 13.7. The van der Waals surface area contributed by atoms with Crippen LogP contribution in [0.3, 0.4) is 0 Å². The maximum absolute atomic E-state index is 13.7. The lowest BCUT2D eigenvalue weighted by Crippen LogP contribution is -2.50. The molecule has 7 nitrogen and oxygen atoms in total. The topological polar surface area (TPSA) is 86.8 Å². The Morgan fingerprint density at radius 2 is 1.50 bits per heavy atom. The zero-order valence-electron chi connectivity index (χ0n) is 21.2. The second kappa shape index (κ2) is 12.5. The van der Waals surface area contributed by atoms with E-state index in [0.29, 0.717) is 29.1 Å². The molecule has 4 rings (SSSR count). The molecule has 1 heterocycles. The number of halogens is 1. The van der Waals surface area contributed by atoms with Gasteiger partial charge in [0, 0.05) is 37.5 Å². The molecule has 0 bridgehead atoms. The first kappa shape index (κ1) is 27.1. The molecule has 0 aromatic heterocycles. The Labute approximate surface area is 227 Å². The molecule has 196 valence electrons. The largest absolute Gasteiger partial charge is 0.355 e. The number of carbonyl (C=O) groups excluding carboxylic acids is 4. The van der Waals surface area contributed by atoms with Gasteiger partial charge in [0.25, 0.3) is 11.8 Å². The van der Waals surface area contributed by atoms with E-state index < -0.39 is 6.04 Å². The highest BCUT2D eigenvalue weighted by molar-refractivity contribution is 6.31. The van der Waals surface area contributed by atoms with E-state index in [9.17, 15) is 19.2 Å². The molecule has 3 aromatic rings. The van der Waals surface area contributed by atoms with Crippen molar-refractivity contribution in [3.63, 3.8) is 0 Å². The zero-order chi connectivity index (χ0) is 27.1. The molecule has 0 spiro atoms. The number of rotatable bonds is 11. The van der Waals surface area contributed by atoms with Gasteiger partial charge >= 0.3 is 0 Å². The standard InChI is InChI=1S/C30H30ClN3O4/c1-2-32-28(36)26(19-21-11-4-3-5-12-21)34(20-22-13-6-9-16-25(22)31)27(35)17-10-18-33-29(37)23-14-7-8-15-24(23)30(33)38/h3-9,11-16,26H,2,10,17-20H2,1H3,(H,32,36). The molecule has 0 aliphatic carbocycles. The Kier molecular flexibility index (Phi) is 8.92. The number of likely N-dealkylation sites (N-methyl/N-ethyl adjacent to an activating group) is 1. The third-order valence-corrected chi connectivity index (χ3v) is 6.94. The summed E-state index contributed by atoms with van der Waals surface area (Å²) in [5, 5.41) is 3.37. The number of amides is 4. The number of benzene rings is 3. The first-order chi connectivity index (χ1) is 18.4. The average Bonchev–Trinajstić information content (AvgIpc) is 3.17. The summed E-state index contributed by atoms with van der Waals surface area (Å²) in [4.78, 5) is 55.1. The van der Waals surface area contributed by atoms with Crippen LogP contribution >= 0.6 is 11.6 Å². The van der Waals surface area contributed by atoms with E-state index in [1.807, 2.05) is 55.5 Å². The van der Waals surface area contributed by atoms with E-state index in [0.717, 1.165) is 11.1 Å². The number of nitrogens with zero attached hydrogens (tertiary/aromatic N) is 2. The molecule has 1 aliphatic rings. The quantitative estimate of drug-likeness (QED) is 0.369. The molecule has 0 saturated heterocycles. The fraction of sp³-hybridized carbons (Fsp3) is 0.267. The number of fused-ring (bicyclic) bond motifs is 1. The monoisotopic (exact) mass is 531 g/mol. The Morgan fingerprint density at radius 3 is 2.13 bits per heavy atom. The number of hydrogen-bond acceptors (Lipinski definition) is 4. The first-order valence-electron chi connectivity index (χ1n) is 12.7. The lowest BCUT2D eigenvalue weighted by Gasteiger charge is -2.32. The average molecular weight is 532 g/mol. The number of carbonyl (C=O) groups is 4. The Bertz CT molecular complexity index is 1290. The van der Waals surface area contributed by atoms with Crippen molar-refractivity contribution in [1.82, 2.24) is 15.1 Å². The number of imide groups is 1. The summed E-state index contributed by atoms with van der Waals surface area (Å²) < 4.78 is 0. The Hall–Kier alpha value is -3.97. The third kappa shape index (κ3) is 6.11. The normalized spacial score (nSPS) is 13.3. The van der Waals surface area contributed by atoms with E-state index in [2.05, 4.69) is 5.32 Å². The molecule has 0 fully saturated rings. The molecule has 1 unspecified atom stereocenters. The van der Waals surface area contributed by atoms with Gasteiger partial charge in [-0.3, -0.25) is 24.1 Å². The minimum Gasteiger partial charge on any atom is -0.355 e. The van der Waals surface area contributed by atoms with E-state index in [4.69, 9.17) is 11.6 Å². The predicted octanol–water partition coefficient (Wildman–Crippen LogP) is 4.49. The molecule has 1 N–H and O–H groups in total. The molecule has 38 heavy (non-hydrogen) atoms. The van der Waals surface area contributed by atoms with E-state index in [1.54, 1.807) is 35.2 Å². The van der Waals surface area contributed by atoms with Gasteiger partial charge < -0.3 is 10.2 Å². The molecule has 1 atom stereocenters. The minimum atomic E-state index is -0.763. The van der Waals surface area contributed by atoms with Gasteiger partial charge in [-0.05, 0) is 42.7 Å². The van der Waals surface area contributed by atoms with Crippen LogP contribution in [0.1, 0.15) is 51.6 Å². The summed E-state index contributed by atoms with van der Waals surface area (Å²) in [5.41, 5.74) is 2.41. The fourth-order valence-corrected chi connectivity index (χ4v) is 4.83. The highest BCUT2D eigenvalue weighted by atomic mass is 35.5. The summed E-state index contributed by atoms with van der Waals surface area (Å²) in [5.74, 6) is -1.21. The molecule has 0 radical (unpaired) electrons. The van der Waals surface area contributed by atoms with Crippen LogP contribution in [0.5, 0.6) is 0 Å². The van der Waals surface area contributed by atoms with Gasteiger partial charge in [-0.25, -0.2) is 0 Å². The minimum absolute atomic E-state index is 0.0581. The SMILES string of the molecule is CCNC(=O)C(Cc1ccccc1)N(Cc1ccccc1Cl)C(=O)CCCN1C(=O)c2ccccc2C1=O. The molecular formula is C30H30ClN3O4. The smallest absolute Gasteiger partial charge is 0.261 e. The molecule has 3 aromatic carbocycles. The van der Waals surface area contributed by atoms with Crippen molar-refractivity contribution < 1.29 is 19.2 Å². The van der Waals surface area contributed by atoms with Crippen molar-refractivity contribution in [1.29, 1.82) is 0 Å². The van der Waals surface area contributed by atoms with E-state index >= 15 is 0 Å². The van der Waals surface area contributed by atoms with Crippen molar-refractivity contribution in [3.8, 4) is 0 Å². The van der Waals surface area contributed by atoms with Crippen LogP contribution in [0.15, 0.2) is 78.9 Å². The van der Waals surface area contributed by atoms with Crippen LogP contribution in [0, 0.1) is 0 Å². The van der Waals surface area contributed by atoms with Crippen LogP contribution in [-0.4, -0.2) is 52.6 Å². The second-order valence-corrected chi connectivity index (χ2v) is 9.53. The summed E-state index contributed by atoms with van der Waals surface area (Å²) >= 11 is 6.43. The zero-order valence-corrected chi connectivity index (χ0v) is 22.0. The van der Waals surface area contributed by atoms with Crippen LogP contribution in [-0.2, 0) is 22.6 Å². The third-order valence-electron chi connectivity index (χ3n) is 6.57. The summed E-state index contributed by atoms with van der Waals surface area (Å²) in [7, 11) is 0. The van der Waals surface area contributed by atoms with Gasteiger partial charge in [-0.1, -0.05) is 72.3 Å². The number of nitrogens with one attached hydrogen (secondary N) is 1. The van der Waals surface area contributed by atoms with Crippen LogP contribution in [0.25, 0.3) is 0 Å². The lowest BCUT2D eigenvalue weighted by molar-refractivity contribution is -0.141. The van der Waals surface area contributed by atoms with E-state index in [-0.39, 0.29) is 49.6 Å². The second-order valence-electron chi connectivity index (χ2n) is 9.12. The van der Waals surface area contributed by atoms with E-state index in [1.165, 1.54) is 4.90 Å². The highest BCUT2D eigenvalue weighted by Crippen LogP contribution is 2.24. The van der Waals surface area contributed by atoms with Gasteiger partial charge in [0.15, 0.2) is 0 Å². The predicted molar refractivity (Wildman–Crippen MR) is 146 cm³/mol. The lowest BCUT2D eigenvalue weighted by atomic mass is 10.0. The molecule has 0 saturated carbocycles.